The molecule has 1 aromatic rings. The van der Waals surface area contributed by atoms with E-state index in [2.05, 4.69) is 29.3 Å². The van der Waals surface area contributed by atoms with Gasteiger partial charge in [0, 0.05) is 25.2 Å². The fourth-order valence-corrected chi connectivity index (χ4v) is 3.23. The number of ether oxygens (including phenoxy) is 1. The van der Waals surface area contributed by atoms with Crippen LogP contribution >= 0.6 is 0 Å². The molecule has 2 N–H and O–H groups in total. The van der Waals surface area contributed by atoms with Crippen LogP contribution in [-0.4, -0.2) is 49.4 Å². The van der Waals surface area contributed by atoms with Crippen LogP contribution in [0.15, 0.2) is 24.3 Å². The molecule has 1 fully saturated rings. The van der Waals surface area contributed by atoms with Crippen molar-refractivity contribution in [1.82, 2.24) is 10.2 Å². The van der Waals surface area contributed by atoms with Crippen LogP contribution < -0.4 is 10.1 Å². The molecule has 1 aliphatic heterocycles. The number of benzene rings is 1. The number of rotatable bonds is 8. The van der Waals surface area contributed by atoms with Crippen molar-refractivity contribution in [2.75, 3.05) is 33.4 Å². The highest BCUT2D eigenvalue weighted by Gasteiger charge is 2.23. The molecular formula is C17H28N2O2. The van der Waals surface area contributed by atoms with Gasteiger partial charge in [-0.3, -0.25) is 4.90 Å². The van der Waals surface area contributed by atoms with Crippen LogP contribution in [0.3, 0.4) is 0 Å². The molecule has 0 radical (unpaired) electrons. The van der Waals surface area contributed by atoms with E-state index in [1.165, 1.54) is 18.4 Å². The van der Waals surface area contributed by atoms with Crippen LogP contribution in [0, 0.1) is 0 Å². The predicted octanol–water partition coefficient (Wildman–Crippen LogP) is 2.19. The molecule has 0 spiro atoms. The fourth-order valence-electron chi connectivity index (χ4n) is 3.23. The summed E-state index contributed by atoms with van der Waals surface area (Å²) < 4.78 is 5.23. The molecule has 2 unspecified atom stereocenters. The topological polar surface area (TPSA) is 44.7 Å². The van der Waals surface area contributed by atoms with Gasteiger partial charge in [0.2, 0.25) is 0 Å². The van der Waals surface area contributed by atoms with Crippen molar-refractivity contribution in [2.45, 2.75) is 38.3 Å². The normalized spacial score (nSPS) is 19.9. The second-order valence-corrected chi connectivity index (χ2v) is 5.71. The van der Waals surface area contributed by atoms with Gasteiger partial charge in [-0.25, -0.2) is 0 Å². The third-order valence-corrected chi connectivity index (χ3v) is 4.33. The van der Waals surface area contributed by atoms with E-state index in [-0.39, 0.29) is 6.61 Å². The van der Waals surface area contributed by atoms with Crippen molar-refractivity contribution in [3.63, 3.8) is 0 Å². The minimum absolute atomic E-state index is 0.208. The molecule has 1 aliphatic rings. The second-order valence-electron chi connectivity index (χ2n) is 5.71. The maximum atomic E-state index is 9.40. The molecule has 0 aromatic heterocycles. The average Bonchev–Trinajstić information content (AvgIpc) is 3.02. The quantitative estimate of drug-likeness (QED) is 0.771. The third-order valence-electron chi connectivity index (χ3n) is 4.33. The summed E-state index contributed by atoms with van der Waals surface area (Å²) in [6, 6.07) is 9.22. The zero-order valence-corrected chi connectivity index (χ0v) is 13.2. The van der Waals surface area contributed by atoms with E-state index in [0.717, 1.165) is 31.8 Å². The van der Waals surface area contributed by atoms with Crippen molar-refractivity contribution >= 4 is 0 Å². The lowest BCUT2D eigenvalue weighted by atomic mass is 10.0. The Kier molecular flexibility index (Phi) is 6.49. The molecule has 1 saturated heterocycles. The van der Waals surface area contributed by atoms with Crippen LogP contribution in [0.1, 0.15) is 37.8 Å². The number of methoxy groups -OCH3 is 1. The molecule has 0 bridgehead atoms. The number of nitrogens with one attached hydrogen (secondary N) is 1. The van der Waals surface area contributed by atoms with Crippen molar-refractivity contribution in [3.05, 3.63) is 29.8 Å². The first-order chi connectivity index (χ1) is 10.3. The first-order valence-electron chi connectivity index (χ1n) is 8.00. The van der Waals surface area contributed by atoms with Gasteiger partial charge < -0.3 is 15.2 Å². The molecule has 2 rings (SSSR count). The summed E-state index contributed by atoms with van der Waals surface area (Å²) in [5.74, 6) is 0.889. The summed E-state index contributed by atoms with van der Waals surface area (Å²) in [6.45, 7) is 5.27. The van der Waals surface area contributed by atoms with Gasteiger partial charge in [-0.1, -0.05) is 19.1 Å². The molecule has 4 heteroatoms. The fraction of sp³-hybridized carbons (Fsp3) is 0.647. The van der Waals surface area contributed by atoms with E-state index in [1.54, 1.807) is 7.11 Å². The van der Waals surface area contributed by atoms with Gasteiger partial charge >= 0.3 is 0 Å². The number of hydrogen-bond acceptors (Lipinski definition) is 4. The smallest absolute Gasteiger partial charge is 0.118 e. The van der Waals surface area contributed by atoms with Crippen LogP contribution in [0.25, 0.3) is 0 Å². The highest BCUT2D eigenvalue weighted by atomic mass is 16.5. The summed E-state index contributed by atoms with van der Waals surface area (Å²) in [7, 11) is 1.69. The Morgan fingerprint density at radius 3 is 2.67 bits per heavy atom. The Bertz CT molecular complexity index is 402. The summed E-state index contributed by atoms with van der Waals surface area (Å²) in [6.07, 6.45) is 3.54. The monoisotopic (exact) mass is 292 g/mol. The molecule has 0 amide bonds. The van der Waals surface area contributed by atoms with Gasteiger partial charge in [-0.05, 0) is 43.5 Å². The lowest BCUT2D eigenvalue weighted by Gasteiger charge is -2.33. The molecule has 4 nitrogen and oxygen atoms in total. The number of aliphatic hydroxyl groups excluding tert-OH is 1. The Hall–Kier alpha value is -1.10. The van der Waals surface area contributed by atoms with Crippen molar-refractivity contribution in [2.24, 2.45) is 0 Å². The van der Waals surface area contributed by atoms with Gasteiger partial charge in [0.25, 0.3) is 0 Å². The van der Waals surface area contributed by atoms with E-state index in [9.17, 15) is 5.11 Å². The van der Waals surface area contributed by atoms with Gasteiger partial charge in [0.15, 0.2) is 0 Å². The molecule has 1 heterocycles. The number of hydrogen-bond donors (Lipinski definition) is 2. The third kappa shape index (κ3) is 4.43. The van der Waals surface area contributed by atoms with Crippen LogP contribution in [0.5, 0.6) is 5.75 Å². The first kappa shape index (κ1) is 16.3. The van der Waals surface area contributed by atoms with Gasteiger partial charge in [-0.2, -0.15) is 0 Å². The highest BCUT2D eigenvalue weighted by Crippen LogP contribution is 2.26. The van der Waals surface area contributed by atoms with E-state index in [1.807, 2.05) is 12.1 Å². The summed E-state index contributed by atoms with van der Waals surface area (Å²) in [5, 5.41) is 13.0. The number of nitrogens with zero attached hydrogens (tertiary/aromatic N) is 1. The minimum atomic E-state index is 0.208. The Morgan fingerprint density at radius 2 is 2.14 bits per heavy atom. The Morgan fingerprint density at radius 1 is 1.38 bits per heavy atom. The molecule has 1 aromatic carbocycles. The average molecular weight is 292 g/mol. The first-order valence-corrected chi connectivity index (χ1v) is 8.00. The molecule has 0 saturated carbocycles. The van der Waals surface area contributed by atoms with Crippen molar-refractivity contribution in [1.29, 1.82) is 0 Å². The van der Waals surface area contributed by atoms with Crippen molar-refractivity contribution in [3.8, 4) is 5.75 Å². The molecule has 2 atom stereocenters. The molecule has 21 heavy (non-hydrogen) atoms. The number of aliphatic hydroxyl groups is 1. The van der Waals surface area contributed by atoms with Gasteiger partial charge in [0.05, 0.1) is 13.7 Å². The Balaban J connectivity index is 2.08. The second kappa shape index (κ2) is 8.37. The Labute approximate surface area is 128 Å². The molecular weight excluding hydrogens is 264 g/mol. The standard InChI is InChI=1S/C17H28N2O2/c1-3-17(14-6-8-16(21-2)9-7-14)19(11-12-20)13-15-5-4-10-18-15/h6-9,15,17-18,20H,3-5,10-13H2,1-2H3. The van der Waals surface area contributed by atoms with E-state index >= 15 is 0 Å². The van der Waals surface area contributed by atoms with E-state index < -0.39 is 0 Å². The lowest BCUT2D eigenvalue weighted by Crippen LogP contribution is -2.41. The highest BCUT2D eigenvalue weighted by molar-refractivity contribution is 5.29. The van der Waals surface area contributed by atoms with E-state index in [4.69, 9.17) is 4.74 Å². The molecule has 118 valence electrons. The van der Waals surface area contributed by atoms with Gasteiger partial charge in [-0.15, -0.1) is 0 Å². The van der Waals surface area contributed by atoms with Crippen LogP contribution in [0.4, 0.5) is 0 Å². The lowest BCUT2D eigenvalue weighted by molar-refractivity contribution is 0.136. The summed E-state index contributed by atoms with van der Waals surface area (Å²) >= 11 is 0. The zero-order chi connectivity index (χ0) is 15.1. The van der Waals surface area contributed by atoms with Gasteiger partial charge in [0.1, 0.15) is 5.75 Å². The zero-order valence-electron chi connectivity index (χ0n) is 13.2. The SMILES string of the molecule is CCC(c1ccc(OC)cc1)N(CCO)CC1CCCN1. The maximum absolute atomic E-state index is 9.40. The minimum Gasteiger partial charge on any atom is -0.497 e. The largest absolute Gasteiger partial charge is 0.497 e. The van der Waals surface area contributed by atoms with E-state index in [0.29, 0.717) is 12.1 Å². The van der Waals surface area contributed by atoms with Crippen molar-refractivity contribution < 1.29 is 9.84 Å². The van der Waals surface area contributed by atoms with Crippen LogP contribution in [-0.2, 0) is 0 Å². The predicted molar refractivity (Wildman–Crippen MR) is 85.7 cm³/mol. The summed E-state index contributed by atoms with van der Waals surface area (Å²) in [4.78, 5) is 2.41. The molecule has 0 aliphatic carbocycles. The van der Waals surface area contributed by atoms with Crippen LogP contribution in [0.2, 0.25) is 0 Å². The maximum Gasteiger partial charge on any atom is 0.118 e. The summed E-state index contributed by atoms with van der Waals surface area (Å²) in [5.41, 5.74) is 1.30.